The lowest BCUT2D eigenvalue weighted by atomic mass is 10.0. The molecule has 0 radical (unpaired) electrons. The van der Waals surface area contributed by atoms with Crippen LogP contribution in [0.25, 0.3) is 0 Å². The summed E-state index contributed by atoms with van der Waals surface area (Å²) in [5.74, 6) is 1.10. The Labute approximate surface area is 208 Å². The average Bonchev–Trinajstić information content (AvgIpc) is 3.28. The highest BCUT2D eigenvalue weighted by Gasteiger charge is 2.11. The number of para-hydroxylation sites is 1. The summed E-state index contributed by atoms with van der Waals surface area (Å²) in [4.78, 5) is 13.0. The molecular formula is C27H35NO4S2. The van der Waals surface area contributed by atoms with Gasteiger partial charge in [-0.1, -0.05) is 69.2 Å². The fourth-order valence-corrected chi connectivity index (χ4v) is 4.96. The van der Waals surface area contributed by atoms with Gasteiger partial charge in [-0.2, -0.15) is 0 Å². The maximum atomic E-state index is 12.0. The topological polar surface area (TPSA) is 72.5 Å². The van der Waals surface area contributed by atoms with Crippen molar-refractivity contribution in [3.05, 3.63) is 82.7 Å². The number of ether oxygens (including phenoxy) is 1. The van der Waals surface area contributed by atoms with Crippen LogP contribution in [0.3, 0.4) is 0 Å². The summed E-state index contributed by atoms with van der Waals surface area (Å²) >= 11 is 1.31. The monoisotopic (exact) mass is 501 g/mol. The number of aryl methyl sites for hydroxylation is 1. The molecule has 1 unspecified atom stereocenters. The molecular weight excluding hydrogens is 466 g/mol. The number of rotatable bonds is 10. The number of sulfone groups is 1. The molecule has 0 aliphatic carbocycles. The second-order valence-corrected chi connectivity index (χ2v) is 11.8. The van der Waals surface area contributed by atoms with Crippen LogP contribution in [0.15, 0.2) is 70.9 Å². The van der Waals surface area contributed by atoms with Gasteiger partial charge in [0.25, 0.3) is 0 Å². The van der Waals surface area contributed by atoms with Crippen LogP contribution in [-0.2, 0) is 27.8 Å². The van der Waals surface area contributed by atoms with E-state index in [1.807, 2.05) is 68.4 Å². The van der Waals surface area contributed by atoms with E-state index in [1.165, 1.54) is 17.6 Å². The van der Waals surface area contributed by atoms with E-state index in [0.29, 0.717) is 17.4 Å². The Balaban J connectivity index is 0.000000340. The quantitative estimate of drug-likeness (QED) is 0.361. The highest BCUT2D eigenvalue weighted by molar-refractivity contribution is 7.92. The maximum Gasteiger partial charge on any atom is 0.223 e. The van der Waals surface area contributed by atoms with Gasteiger partial charge in [-0.3, -0.25) is 4.79 Å². The van der Waals surface area contributed by atoms with E-state index >= 15 is 0 Å². The molecule has 0 aliphatic heterocycles. The van der Waals surface area contributed by atoms with Gasteiger partial charge in [0.15, 0.2) is 9.84 Å². The van der Waals surface area contributed by atoms with Crippen LogP contribution in [0.2, 0.25) is 0 Å². The summed E-state index contributed by atoms with van der Waals surface area (Å²) in [6, 6.07) is 21.4. The van der Waals surface area contributed by atoms with Gasteiger partial charge >= 0.3 is 0 Å². The second kappa shape index (κ2) is 13.9. The first-order chi connectivity index (χ1) is 16.2. The summed E-state index contributed by atoms with van der Waals surface area (Å²) in [7, 11) is -2.96. The molecule has 1 heterocycles. The molecule has 0 spiro atoms. The molecule has 0 bridgehead atoms. The van der Waals surface area contributed by atoms with Crippen LogP contribution in [0.1, 0.15) is 49.1 Å². The van der Waals surface area contributed by atoms with E-state index in [2.05, 4.69) is 12.2 Å². The van der Waals surface area contributed by atoms with Crippen LogP contribution in [-0.4, -0.2) is 20.6 Å². The summed E-state index contributed by atoms with van der Waals surface area (Å²) in [5.41, 5.74) is 2.22. The first kappa shape index (κ1) is 27.6. The van der Waals surface area contributed by atoms with Gasteiger partial charge in [-0.25, -0.2) is 8.42 Å². The number of benzene rings is 2. The molecule has 0 saturated carbocycles. The Morgan fingerprint density at radius 3 is 2.18 bits per heavy atom. The van der Waals surface area contributed by atoms with Crippen molar-refractivity contribution < 1.29 is 17.9 Å². The zero-order valence-electron chi connectivity index (χ0n) is 20.4. The second-order valence-electron chi connectivity index (χ2n) is 8.32. The molecule has 2 aromatic carbocycles. The Kier molecular flexibility index (Phi) is 11.3. The van der Waals surface area contributed by atoms with Gasteiger partial charge in [0.2, 0.25) is 5.91 Å². The predicted octanol–water partition coefficient (Wildman–Crippen LogP) is 6.17. The van der Waals surface area contributed by atoms with Crippen molar-refractivity contribution >= 4 is 27.1 Å². The number of carbonyl (C=O) groups excluding carboxylic acids is 1. The van der Waals surface area contributed by atoms with E-state index in [9.17, 15) is 13.2 Å². The Morgan fingerprint density at radius 1 is 1.00 bits per heavy atom. The van der Waals surface area contributed by atoms with Crippen LogP contribution >= 0.6 is 11.3 Å². The van der Waals surface area contributed by atoms with E-state index in [0.717, 1.165) is 41.0 Å². The molecule has 3 rings (SSSR count). The molecule has 1 aromatic heterocycles. The Morgan fingerprint density at radius 2 is 1.65 bits per heavy atom. The third-order valence-corrected chi connectivity index (χ3v) is 7.98. The van der Waals surface area contributed by atoms with E-state index in [4.69, 9.17) is 4.74 Å². The normalized spacial score (nSPS) is 11.8. The van der Waals surface area contributed by atoms with Gasteiger partial charge in [0, 0.05) is 23.6 Å². The molecule has 7 heteroatoms. The van der Waals surface area contributed by atoms with Crippen molar-refractivity contribution in [2.75, 3.05) is 6.26 Å². The van der Waals surface area contributed by atoms with Crippen LogP contribution < -0.4 is 10.1 Å². The number of carbonyl (C=O) groups is 1. The molecule has 1 atom stereocenters. The average molecular weight is 502 g/mol. The third-order valence-electron chi connectivity index (χ3n) is 5.16. The molecule has 1 amide bonds. The summed E-state index contributed by atoms with van der Waals surface area (Å²) in [5, 5.41) is 3.01. The molecule has 3 aromatic rings. The van der Waals surface area contributed by atoms with Gasteiger partial charge in [0.1, 0.15) is 16.6 Å². The largest absolute Gasteiger partial charge is 0.489 e. The molecule has 0 aliphatic rings. The van der Waals surface area contributed by atoms with E-state index in [-0.39, 0.29) is 11.8 Å². The fourth-order valence-electron chi connectivity index (χ4n) is 3.05. The number of thiophene rings is 1. The fraction of sp³-hybridized carbons (Fsp3) is 0.370. The number of amides is 1. The highest BCUT2D eigenvalue weighted by Crippen LogP contribution is 2.19. The van der Waals surface area contributed by atoms with Crippen molar-refractivity contribution in [2.45, 2.75) is 57.4 Å². The highest BCUT2D eigenvalue weighted by atomic mass is 32.2. The van der Waals surface area contributed by atoms with Crippen molar-refractivity contribution in [3.63, 3.8) is 0 Å². The van der Waals surface area contributed by atoms with Gasteiger partial charge in [-0.05, 0) is 48.7 Å². The number of hydrogen-bond donors (Lipinski definition) is 1. The first-order valence-corrected chi connectivity index (χ1v) is 14.2. The van der Waals surface area contributed by atoms with Gasteiger partial charge in [0.05, 0.1) is 0 Å². The molecule has 5 nitrogen and oxygen atoms in total. The summed E-state index contributed by atoms with van der Waals surface area (Å²) < 4.78 is 27.9. The van der Waals surface area contributed by atoms with Crippen LogP contribution in [0, 0.1) is 12.8 Å². The number of hydrogen-bond acceptors (Lipinski definition) is 5. The zero-order chi connectivity index (χ0) is 25.0. The van der Waals surface area contributed by atoms with Crippen LogP contribution in [0.4, 0.5) is 0 Å². The number of unbranched alkanes of at least 4 members (excludes halogenated alkanes) is 1. The zero-order valence-corrected chi connectivity index (χ0v) is 22.0. The summed E-state index contributed by atoms with van der Waals surface area (Å²) in [6.45, 7) is 7.15. The lowest BCUT2D eigenvalue weighted by molar-refractivity contribution is -0.124. The Bertz CT molecular complexity index is 1110. The molecule has 0 fully saturated rings. The van der Waals surface area contributed by atoms with Crippen molar-refractivity contribution in [2.24, 2.45) is 5.92 Å². The van der Waals surface area contributed by atoms with E-state index in [1.54, 1.807) is 12.1 Å². The van der Waals surface area contributed by atoms with Crippen LogP contribution in [0.5, 0.6) is 5.75 Å². The number of nitrogens with one attached hydrogen (secondary N) is 1. The predicted molar refractivity (Wildman–Crippen MR) is 140 cm³/mol. The minimum absolute atomic E-state index is 0.0866. The third kappa shape index (κ3) is 10.1. The lowest BCUT2D eigenvalue weighted by Crippen LogP contribution is -2.28. The minimum atomic E-state index is -2.96. The smallest absolute Gasteiger partial charge is 0.223 e. The van der Waals surface area contributed by atoms with Gasteiger partial charge < -0.3 is 10.1 Å². The standard InChI is InChI=1S/C21H27NO2.C6H8O2S2/c1-3-4-8-17(2)21(23)22-15-18-11-13-19(14-12-18)16-24-20-9-6-5-7-10-20;1-5-3-4-6(9-5)10(2,7)8/h5-7,9-14,17H,3-4,8,15-16H2,1-2H3,(H,22,23);3-4H,1-2H3. The molecule has 34 heavy (non-hydrogen) atoms. The molecule has 1 N–H and O–H groups in total. The first-order valence-electron chi connectivity index (χ1n) is 11.5. The summed E-state index contributed by atoms with van der Waals surface area (Å²) in [6.07, 6.45) is 4.41. The Hall–Kier alpha value is -2.64. The van der Waals surface area contributed by atoms with E-state index < -0.39 is 9.84 Å². The molecule has 184 valence electrons. The van der Waals surface area contributed by atoms with Crippen molar-refractivity contribution in [3.8, 4) is 5.75 Å². The van der Waals surface area contributed by atoms with Crippen molar-refractivity contribution in [1.29, 1.82) is 0 Å². The molecule has 0 saturated heterocycles. The maximum absolute atomic E-state index is 12.0. The minimum Gasteiger partial charge on any atom is -0.489 e. The van der Waals surface area contributed by atoms with Crippen molar-refractivity contribution in [1.82, 2.24) is 5.32 Å². The lowest BCUT2D eigenvalue weighted by Gasteiger charge is -2.12. The van der Waals surface area contributed by atoms with Gasteiger partial charge in [-0.15, -0.1) is 11.3 Å². The SMILES string of the molecule is CCCCC(C)C(=O)NCc1ccc(COc2ccccc2)cc1.Cc1ccc(S(C)(=O)=O)s1.